The van der Waals surface area contributed by atoms with Gasteiger partial charge in [-0.05, 0) is 25.0 Å². The predicted octanol–water partition coefficient (Wildman–Crippen LogP) is 3.14. The van der Waals surface area contributed by atoms with E-state index in [0.717, 1.165) is 17.2 Å². The smallest absolute Gasteiger partial charge is 0.224 e. The van der Waals surface area contributed by atoms with E-state index < -0.39 is 0 Å². The van der Waals surface area contributed by atoms with Crippen molar-refractivity contribution in [3.8, 4) is 0 Å². The molecule has 0 bridgehead atoms. The number of hydrogen-bond donors (Lipinski definition) is 2. The van der Waals surface area contributed by atoms with E-state index in [1.807, 2.05) is 43.4 Å². The van der Waals surface area contributed by atoms with Crippen molar-refractivity contribution in [2.45, 2.75) is 18.8 Å². The summed E-state index contributed by atoms with van der Waals surface area (Å²) in [5.41, 5.74) is 2.17. The van der Waals surface area contributed by atoms with Crippen molar-refractivity contribution in [3.05, 3.63) is 42.1 Å². The molecule has 3 rings (SSSR count). The topological polar surface area (TPSA) is 49.8 Å². The Bertz CT molecular complexity index is 535. The summed E-state index contributed by atoms with van der Waals surface area (Å²) >= 11 is 0. The lowest BCUT2D eigenvalue weighted by atomic mass is 10.2. The van der Waals surface area contributed by atoms with E-state index in [1.165, 1.54) is 12.8 Å². The quantitative estimate of drug-likeness (QED) is 0.862. The van der Waals surface area contributed by atoms with Gasteiger partial charge in [-0.15, -0.1) is 0 Å². The molecule has 1 heterocycles. The van der Waals surface area contributed by atoms with E-state index in [9.17, 15) is 0 Å². The Hall–Kier alpha value is -2.10. The van der Waals surface area contributed by atoms with Crippen LogP contribution in [0.15, 0.2) is 36.4 Å². The second-order valence-corrected chi connectivity index (χ2v) is 4.52. The maximum absolute atomic E-state index is 4.49. The molecule has 1 saturated carbocycles. The first-order valence-electron chi connectivity index (χ1n) is 6.24. The second kappa shape index (κ2) is 4.64. The molecule has 0 unspecified atom stereocenters. The SMILES string of the molecule is CNc1nc(Nc2ccccc2)cc(C2CC2)n1. The van der Waals surface area contributed by atoms with E-state index in [2.05, 4.69) is 20.6 Å². The Balaban J connectivity index is 1.88. The summed E-state index contributed by atoms with van der Waals surface area (Å²) < 4.78 is 0. The molecule has 1 aliphatic carbocycles. The van der Waals surface area contributed by atoms with Crippen molar-refractivity contribution in [1.82, 2.24) is 9.97 Å². The van der Waals surface area contributed by atoms with Crippen LogP contribution in [0.25, 0.3) is 0 Å². The van der Waals surface area contributed by atoms with Gasteiger partial charge in [0.15, 0.2) is 0 Å². The third kappa shape index (κ3) is 2.42. The highest BCUT2D eigenvalue weighted by Crippen LogP contribution is 2.40. The number of hydrogen-bond acceptors (Lipinski definition) is 4. The van der Waals surface area contributed by atoms with Crippen LogP contribution in [0.5, 0.6) is 0 Å². The Morgan fingerprint density at radius 2 is 1.89 bits per heavy atom. The fraction of sp³-hybridized carbons (Fsp3) is 0.286. The Kier molecular flexibility index (Phi) is 2.84. The van der Waals surface area contributed by atoms with Gasteiger partial charge in [-0.1, -0.05) is 18.2 Å². The number of aromatic nitrogens is 2. The minimum Gasteiger partial charge on any atom is -0.357 e. The van der Waals surface area contributed by atoms with E-state index in [0.29, 0.717) is 11.9 Å². The maximum atomic E-state index is 4.49. The van der Waals surface area contributed by atoms with Crippen LogP contribution in [0.3, 0.4) is 0 Å². The fourth-order valence-corrected chi connectivity index (χ4v) is 1.90. The number of benzene rings is 1. The van der Waals surface area contributed by atoms with Crippen LogP contribution in [0.4, 0.5) is 17.5 Å². The van der Waals surface area contributed by atoms with Crippen molar-refractivity contribution in [2.24, 2.45) is 0 Å². The monoisotopic (exact) mass is 240 g/mol. The molecule has 0 aliphatic heterocycles. The van der Waals surface area contributed by atoms with Crippen molar-refractivity contribution >= 4 is 17.5 Å². The predicted molar refractivity (Wildman–Crippen MR) is 73.3 cm³/mol. The second-order valence-electron chi connectivity index (χ2n) is 4.52. The largest absolute Gasteiger partial charge is 0.357 e. The normalized spacial score (nSPS) is 14.3. The van der Waals surface area contributed by atoms with Crippen molar-refractivity contribution in [3.63, 3.8) is 0 Å². The average Bonchev–Trinajstić information content (AvgIpc) is 3.24. The molecule has 2 N–H and O–H groups in total. The molecular weight excluding hydrogens is 224 g/mol. The van der Waals surface area contributed by atoms with Gasteiger partial charge in [0.25, 0.3) is 0 Å². The zero-order chi connectivity index (χ0) is 12.4. The molecule has 4 heteroatoms. The van der Waals surface area contributed by atoms with E-state index in [-0.39, 0.29) is 0 Å². The van der Waals surface area contributed by atoms with Crippen LogP contribution in [0.1, 0.15) is 24.5 Å². The Morgan fingerprint density at radius 1 is 1.11 bits per heavy atom. The summed E-state index contributed by atoms with van der Waals surface area (Å²) in [7, 11) is 1.85. The number of para-hydroxylation sites is 1. The molecule has 2 aromatic rings. The summed E-state index contributed by atoms with van der Waals surface area (Å²) in [6.45, 7) is 0. The molecule has 0 amide bonds. The van der Waals surface area contributed by atoms with Crippen LogP contribution in [0.2, 0.25) is 0 Å². The van der Waals surface area contributed by atoms with E-state index in [4.69, 9.17) is 0 Å². The average molecular weight is 240 g/mol. The third-order valence-corrected chi connectivity index (χ3v) is 3.01. The minimum atomic E-state index is 0.622. The summed E-state index contributed by atoms with van der Waals surface area (Å²) in [5, 5.41) is 6.32. The van der Waals surface area contributed by atoms with Gasteiger partial charge in [-0.25, -0.2) is 4.98 Å². The van der Waals surface area contributed by atoms with Crippen molar-refractivity contribution in [2.75, 3.05) is 17.7 Å². The van der Waals surface area contributed by atoms with Gasteiger partial charge in [0.1, 0.15) is 5.82 Å². The molecule has 0 radical (unpaired) electrons. The Morgan fingerprint density at radius 3 is 2.56 bits per heavy atom. The standard InChI is InChI=1S/C14H16N4/c1-15-14-17-12(10-7-8-10)9-13(18-14)16-11-5-3-2-4-6-11/h2-6,9-10H,7-8H2,1H3,(H2,15,16,17,18). The van der Waals surface area contributed by atoms with Gasteiger partial charge < -0.3 is 10.6 Å². The minimum absolute atomic E-state index is 0.622. The molecule has 1 aromatic carbocycles. The number of rotatable bonds is 4. The van der Waals surface area contributed by atoms with Gasteiger partial charge in [0.2, 0.25) is 5.95 Å². The van der Waals surface area contributed by atoms with Crippen molar-refractivity contribution in [1.29, 1.82) is 0 Å². The zero-order valence-corrected chi connectivity index (χ0v) is 10.4. The van der Waals surface area contributed by atoms with Crippen LogP contribution >= 0.6 is 0 Å². The molecule has 1 fully saturated rings. The highest BCUT2D eigenvalue weighted by atomic mass is 15.1. The summed E-state index contributed by atoms with van der Waals surface area (Å²) in [5.74, 6) is 2.15. The maximum Gasteiger partial charge on any atom is 0.224 e. The number of nitrogens with zero attached hydrogens (tertiary/aromatic N) is 2. The van der Waals surface area contributed by atoms with Gasteiger partial charge in [-0.2, -0.15) is 4.98 Å². The molecule has 1 aliphatic rings. The lowest BCUT2D eigenvalue weighted by Crippen LogP contribution is -2.03. The molecule has 92 valence electrons. The van der Waals surface area contributed by atoms with Crippen LogP contribution < -0.4 is 10.6 Å². The summed E-state index contributed by atoms with van der Waals surface area (Å²) in [6, 6.07) is 12.1. The number of nitrogens with one attached hydrogen (secondary N) is 2. The molecule has 0 spiro atoms. The molecule has 4 nitrogen and oxygen atoms in total. The highest BCUT2D eigenvalue weighted by molar-refractivity contribution is 5.57. The first-order valence-corrected chi connectivity index (χ1v) is 6.24. The molecular formula is C14H16N4. The lowest BCUT2D eigenvalue weighted by Gasteiger charge is -2.09. The zero-order valence-electron chi connectivity index (χ0n) is 10.4. The van der Waals surface area contributed by atoms with Gasteiger partial charge in [0.05, 0.1) is 5.69 Å². The molecule has 1 aromatic heterocycles. The molecule has 0 atom stereocenters. The first kappa shape index (κ1) is 11.0. The van der Waals surface area contributed by atoms with Crippen molar-refractivity contribution < 1.29 is 0 Å². The van der Waals surface area contributed by atoms with Crippen LogP contribution in [0, 0.1) is 0 Å². The summed E-state index contributed by atoms with van der Waals surface area (Å²) in [4.78, 5) is 8.92. The third-order valence-electron chi connectivity index (χ3n) is 3.01. The summed E-state index contributed by atoms with van der Waals surface area (Å²) in [6.07, 6.45) is 2.48. The molecule has 18 heavy (non-hydrogen) atoms. The molecule has 0 saturated heterocycles. The fourth-order valence-electron chi connectivity index (χ4n) is 1.90. The highest BCUT2D eigenvalue weighted by Gasteiger charge is 2.26. The van der Waals surface area contributed by atoms with Crippen LogP contribution in [-0.2, 0) is 0 Å². The van der Waals surface area contributed by atoms with Gasteiger partial charge in [0, 0.05) is 24.7 Å². The van der Waals surface area contributed by atoms with Crippen LogP contribution in [-0.4, -0.2) is 17.0 Å². The van der Waals surface area contributed by atoms with Gasteiger partial charge >= 0.3 is 0 Å². The number of anilines is 3. The Labute approximate surface area is 106 Å². The first-order chi connectivity index (χ1) is 8.85. The van der Waals surface area contributed by atoms with E-state index >= 15 is 0 Å². The lowest BCUT2D eigenvalue weighted by molar-refractivity contribution is 0.991. The van der Waals surface area contributed by atoms with E-state index in [1.54, 1.807) is 0 Å². The van der Waals surface area contributed by atoms with Gasteiger partial charge in [-0.3, -0.25) is 0 Å².